The Labute approximate surface area is 115 Å². The third-order valence-corrected chi connectivity index (χ3v) is 3.39. The van der Waals surface area contributed by atoms with Gasteiger partial charge in [0.1, 0.15) is 0 Å². The van der Waals surface area contributed by atoms with Gasteiger partial charge in [0.25, 0.3) is 0 Å². The van der Waals surface area contributed by atoms with Crippen LogP contribution < -0.4 is 11.1 Å². The van der Waals surface area contributed by atoms with E-state index in [1.165, 1.54) is 0 Å². The quantitative estimate of drug-likeness (QED) is 0.827. The summed E-state index contributed by atoms with van der Waals surface area (Å²) in [4.78, 5) is 12.1. The number of nitrogens with two attached hydrogens (primary N) is 1. The molecule has 0 unspecified atom stereocenters. The molecular formula is C14H26N4O. The van der Waals surface area contributed by atoms with Gasteiger partial charge in [0, 0.05) is 13.5 Å². The minimum atomic E-state index is 0.0234. The molecule has 1 atom stereocenters. The molecule has 0 saturated heterocycles. The van der Waals surface area contributed by atoms with Crippen LogP contribution in [0.15, 0.2) is 0 Å². The summed E-state index contributed by atoms with van der Waals surface area (Å²) >= 11 is 0. The minimum absolute atomic E-state index is 0.0234. The van der Waals surface area contributed by atoms with Crippen LogP contribution in [0.2, 0.25) is 0 Å². The second-order valence-electron chi connectivity index (χ2n) is 5.65. The number of aromatic nitrogens is 2. The van der Waals surface area contributed by atoms with Crippen molar-refractivity contribution in [2.45, 2.75) is 40.5 Å². The number of anilines is 1. The fraction of sp³-hybridized carbons (Fsp3) is 0.714. The highest BCUT2D eigenvalue weighted by atomic mass is 16.1. The summed E-state index contributed by atoms with van der Waals surface area (Å²) in [6.45, 7) is 8.70. The fourth-order valence-electron chi connectivity index (χ4n) is 2.34. The molecule has 1 amide bonds. The van der Waals surface area contributed by atoms with E-state index in [9.17, 15) is 4.79 Å². The smallest absolute Gasteiger partial charge is 0.224 e. The molecule has 0 aliphatic carbocycles. The molecule has 0 spiro atoms. The van der Waals surface area contributed by atoms with Crippen LogP contribution in [0, 0.1) is 25.7 Å². The van der Waals surface area contributed by atoms with Gasteiger partial charge in [-0.15, -0.1) is 0 Å². The van der Waals surface area contributed by atoms with E-state index in [1.54, 1.807) is 4.68 Å². The van der Waals surface area contributed by atoms with E-state index in [2.05, 4.69) is 24.3 Å². The van der Waals surface area contributed by atoms with Gasteiger partial charge >= 0.3 is 0 Å². The first kappa shape index (κ1) is 15.7. The summed E-state index contributed by atoms with van der Waals surface area (Å²) in [7, 11) is 1.87. The summed E-state index contributed by atoms with van der Waals surface area (Å²) < 4.78 is 1.78. The monoisotopic (exact) mass is 266 g/mol. The fourth-order valence-corrected chi connectivity index (χ4v) is 2.34. The van der Waals surface area contributed by atoms with Crippen LogP contribution in [-0.4, -0.2) is 22.2 Å². The number of rotatable bonds is 6. The lowest BCUT2D eigenvalue weighted by atomic mass is 9.94. The van der Waals surface area contributed by atoms with Crippen molar-refractivity contribution in [3.8, 4) is 0 Å². The normalized spacial score (nSPS) is 12.8. The zero-order valence-electron chi connectivity index (χ0n) is 12.7. The molecule has 0 bridgehead atoms. The molecule has 0 aromatic carbocycles. The van der Waals surface area contributed by atoms with Crippen molar-refractivity contribution < 1.29 is 4.79 Å². The van der Waals surface area contributed by atoms with Crippen LogP contribution in [0.5, 0.6) is 0 Å². The second-order valence-corrected chi connectivity index (χ2v) is 5.65. The maximum absolute atomic E-state index is 12.1. The number of hydrogen-bond donors (Lipinski definition) is 2. The Morgan fingerprint density at radius 3 is 2.47 bits per heavy atom. The molecule has 5 nitrogen and oxygen atoms in total. The summed E-state index contributed by atoms with van der Waals surface area (Å²) in [6.07, 6.45) is 1.46. The molecule has 0 aliphatic rings. The topological polar surface area (TPSA) is 72.9 Å². The standard InChI is InChI=1S/C14H26N4O/c1-9(2)6-12(8-15)7-13(19)16-14-10(3)17-18(5)11(14)4/h9,12H,6-8,15H2,1-5H3,(H,16,19)/t12-/m0/s1. The van der Waals surface area contributed by atoms with Crippen LogP contribution in [-0.2, 0) is 11.8 Å². The first-order chi connectivity index (χ1) is 8.85. The molecule has 19 heavy (non-hydrogen) atoms. The largest absolute Gasteiger partial charge is 0.330 e. The maximum Gasteiger partial charge on any atom is 0.224 e. The Hall–Kier alpha value is -1.36. The predicted octanol–water partition coefficient (Wildman–Crippen LogP) is 1.99. The van der Waals surface area contributed by atoms with Gasteiger partial charge in [-0.3, -0.25) is 9.48 Å². The van der Waals surface area contributed by atoms with Gasteiger partial charge in [-0.2, -0.15) is 5.10 Å². The average Bonchev–Trinajstić information content (AvgIpc) is 2.54. The highest BCUT2D eigenvalue weighted by Gasteiger charge is 2.17. The van der Waals surface area contributed by atoms with Crippen molar-refractivity contribution in [3.05, 3.63) is 11.4 Å². The van der Waals surface area contributed by atoms with Gasteiger partial charge in [-0.05, 0) is 38.6 Å². The van der Waals surface area contributed by atoms with Gasteiger partial charge < -0.3 is 11.1 Å². The number of hydrogen-bond acceptors (Lipinski definition) is 3. The highest BCUT2D eigenvalue weighted by Crippen LogP contribution is 2.20. The highest BCUT2D eigenvalue weighted by molar-refractivity contribution is 5.92. The van der Waals surface area contributed by atoms with Crippen LogP contribution in [0.3, 0.4) is 0 Å². The Bertz CT molecular complexity index is 437. The number of nitrogens with one attached hydrogen (secondary N) is 1. The van der Waals surface area contributed by atoms with E-state index in [0.717, 1.165) is 23.5 Å². The van der Waals surface area contributed by atoms with Gasteiger partial charge in [-0.25, -0.2) is 0 Å². The predicted molar refractivity (Wildman–Crippen MR) is 77.9 cm³/mol. The Kier molecular flexibility index (Phi) is 5.54. The molecule has 1 aromatic rings. The van der Waals surface area contributed by atoms with E-state index in [-0.39, 0.29) is 11.8 Å². The molecule has 0 fully saturated rings. The molecule has 0 saturated carbocycles. The van der Waals surface area contributed by atoms with Crippen LogP contribution in [0.4, 0.5) is 5.69 Å². The van der Waals surface area contributed by atoms with E-state index < -0.39 is 0 Å². The van der Waals surface area contributed by atoms with E-state index >= 15 is 0 Å². The van der Waals surface area contributed by atoms with Crippen molar-refractivity contribution in [1.29, 1.82) is 0 Å². The lowest BCUT2D eigenvalue weighted by Crippen LogP contribution is -2.23. The first-order valence-corrected chi connectivity index (χ1v) is 6.85. The molecule has 3 N–H and O–H groups in total. The lowest BCUT2D eigenvalue weighted by molar-refractivity contribution is -0.117. The Morgan fingerprint density at radius 1 is 1.42 bits per heavy atom. The van der Waals surface area contributed by atoms with Gasteiger partial charge in [0.2, 0.25) is 5.91 Å². The van der Waals surface area contributed by atoms with Crippen molar-refractivity contribution in [2.24, 2.45) is 24.6 Å². The molecule has 0 aliphatic heterocycles. The zero-order valence-corrected chi connectivity index (χ0v) is 12.7. The van der Waals surface area contributed by atoms with Crippen molar-refractivity contribution >= 4 is 11.6 Å². The number of carbonyl (C=O) groups excluding carboxylic acids is 1. The number of aryl methyl sites for hydroxylation is 2. The summed E-state index contributed by atoms with van der Waals surface area (Å²) in [5.41, 5.74) is 8.38. The van der Waals surface area contributed by atoms with Crippen LogP contribution >= 0.6 is 0 Å². The molecule has 5 heteroatoms. The molecule has 1 heterocycles. The maximum atomic E-state index is 12.1. The summed E-state index contributed by atoms with van der Waals surface area (Å²) in [6, 6.07) is 0. The zero-order chi connectivity index (χ0) is 14.6. The van der Waals surface area contributed by atoms with Crippen LogP contribution in [0.1, 0.15) is 38.1 Å². The molecular weight excluding hydrogens is 240 g/mol. The second kappa shape index (κ2) is 6.70. The Morgan fingerprint density at radius 2 is 2.05 bits per heavy atom. The first-order valence-electron chi connectivity index (χ1n) is 6.85. The SMILES string of the molecule is Cc1nn(C)c(C)c1NC(=O)C[C@@H](CN)CC(C)C. The third kappa shape index (κ3) is 4.35. The van der Waals surface area contributed by atoms with Crippen molar-refractivity contribution in [3.63, 3.8) is 0 Å². The molecule has 0 radical (unpaired) electrons. The minimum Gasteiger partial charge on any atom is -0.330 e. The number of amides is 1. The summed E-state index contributed by atoms with van der Waals surface area (Å²) in [5.74, 6) is 0.829. The van der Waals surface area contributed by atoms with E-state index in [0.29, 0.717) is 18.9 Å². The lowest BCUT2D eigenvalue weighted by Gasteiger charge is -2.16. The van der Waals surface area contributed by atoms with E-state index in [4.69, 9.17) is 5.73 Å². The number of nitrogens with zero attached hydrogens (tertiary/aromatic N) is 2. The molecule has 108 valence electrons. The third-order valence-electron chi connectivity index (χ3n) is 3.39. The van der Waals surface area contributed by atoms with Crippen molar-refractivity contribution in [2.75, 3.05) is 11.9 Å². The van der Waals surface area contributed by atoms with Crippen LogP contribution in [0.25, 0.3) is 0 Å². The molecule has 1 aromatic heterocycles. The number of carbonyl (C=O) groups is 1. The summed E-state index contributed by atoms with van der Waals surface area (Å²) in [5, 5.41) is 7.25. The van der Waals surface area contributed by atoms with Gasteiger partial charge in [-0.1, -0.05) is 13.8 Å². The van der Waals surface area contributed by atoms with Gasteiger partial charge in [0.15, 0.2) is 0 Å². The average molecular weight is 266 g/mol. The van der Waals surface area contributed by atoms with Gasteiger partial charge in [0.05, 0.1) is 17.1 Å². The van der Waals surface area contributed by atoms with E-state index in [1.807, 2.05) is 20.9 Å². The van der Waals surface area contributed by atoms with Crippen molar-refractivity contribution in [1.82, 2.24) is 9.78 Å². The molecule has 1 rings (SSSR count). The Balaban J connectivity index is 2.64.